The van der Waals surface area contributed by atoms with Crippen molar-refractivity contribution in [1.29, 1.82) is 0 Å². The number of hydrogen-bond donors (Lipinski definition) is 0. The van der Waals surface area contributed by atoms with Crippen molar-refractivity contribution in [3.05, 3.63) is 42.0 Å². The van der Waals surface area contributed by atoms with Crippen LogP contribution in [0.25, 0.3) is 5.57 Å². The largest absolute Gasteiger partial charge is 0.297 e. The summed E-state index contributed by atoms with van der Waals surface area (Å²) >= 11 is 0. The summed E-state index contributed by atoms with van der Waals surface area (Å²) in [5.74, 6) is 1.72. The van der Waals surface area contributed by atoms with Gasteiger partial charge in [-0.25, -0.2) is 0 Å². The summed E-state index contributed by atoms with van der Waals surface area (Å²) in [6.45, 7) is 6.92. The fourth-order valence-electron chi connectivity index (χ4n) is 4.11. The topological polar surface area (TPSA) is 3.24 Å². The quantitative estimate of drug-likeness (QED) is 0.779. The Morgan fingerprint density at radius 2 is 1.79 bits per heavy atom. The molecular weight excluding hydrogens is 230 g/mol. The number of allylic oxidation sites excluding steroid dienone is 1. The lowest BCUT2D eigenvalue weighted by Gasteiger charge is -2.38. The van der Waals surface area contributed by atoms with Crippen molar-refractivity contribution < 1.29 is 0 Å². The molecule has 0 N–H and O–H groups in total. The second-order valence-electron chi connectivity index (χ2n) is 5.99. The van der Waals surface area contributed by atoms with Crippen LogP contribution in [0, 0.1) is 11.8 Å². The molecule has 1 saturated carbocycles. The molecule has 1 nitrogen and oxygen atoms in total. The maximum Gasteiger partial charge on any atom is 0.0379 e. The van der Waals surface area contributed by atoms with Gasteiger partial charge >= 0.3 is 0 Å². The van der Waals surface area contributed by atoms with Crippen molar-refractivity contribution in [3.63, 3.8) is 0 Å². The predicted molar refractivity (Wildman–Crippen MR) is 82.0 cm³/mol. The first-order valence-corrected chi connectivity index (χ1v) is 7.84. The van der Waals surface area contributed by atoms with Crippen LogP contribution in [0.3, 0.4) is 0 Å². The molecule has 2 aliphatic carbocycles. The number of fused-ring (bicyclic) bond motifs is 2. The van der Waals surface area contributed by atoms with Crippen molar-refractivity contribution >= 4 is 5.57 Å². The summed E-state index contributed by atoms with van der Waals surface area (Å²) in [5, 5.41) is 0. The Morgan fingerprint density at radius 1 is 1.05 bits per heavy atom. The molecule has 0 aliphatic heterocycles. The van der Waals surface area contributed by atoms with Gasteiger partial charge in [-0.05, 0) is 55.3 Å². The van der Waals surface area contributed by atoms with Gasteiger partial charge in [0.25, 0.3) is 0 Å². The predicted octanol–water partition coefficient (Wildman–Crippen LogP) is 4.21. The lowest BCUT2D eigenvalue weighted by Crippen LogP contribution is -2.42. The van der Waals surface area contributed by atoms with Gasteiger partial charge in [-0.1, -0.05) is 50.3 Å². The summed E-state index contributed by atoms with van der Waals surface area (Å²) < 4.78 is 0. The van der Waals surface area contributed by atoms with E-state index in [-0.39, 0.29) is 0 Å². The van der Waals surface area contributed by atoms with E-state index in [0.29, 0.717) is 6.04 Å². The fourth-order valence-corrected chi connectivity index (χ4v) is 4.11. The zero-order chi connectivity index (χ0) is 13.2. The first kappa shape index (κ1) is 12.9. The molecule has 2 aliphatic rings. The average Bonchev–Trinajstić information content (AvgIpc) is 2.85. The first-order chi connectivity index (χ1) is 9.33. The number of rotatable bonds is 4. The normalized spacial score (nSPS) is 29.6. The molecular formula is C18H25N. The van der Waals surface area contributed by atoms with Crippen molar-refractivity contribution in [2.24, 2.45) is 11.8 Å². The summed E-state index contributed by atoms with van der Waals surface area (Å²) in [7, 11) is 0. The van der Waals surface area contributed by atoms with Gasteiger partial charge < -0.3 is 0 Å². The smallest absolute Gasteiger partial charge is 0.0379 e. The van der Waals surface area contributed by atoms with Crippen LogP contribution in [0.1, 0.15) is 38.7 Å². The zero-order valence-corrected chi connectivity index (χ0v) is 12.2. The second-order valence-corrected chi connectivity index (χ2v) is 5.99. The van der Waals surface area contributed by atoms with Gasteiger partial charge in [-0.3, -0.25) is 4.90 Å². The molecule has 0 radical (unpaired) electrons. The highest BCUT2D eigenvalue weighted by Gasteiger charge is 2.39. The highest BCUT2D eigenvalue weighted by atomic mass is 15.2. The Morgan fingerprint density at radius 3 is 2.47 bits per heavy atom. The molecule has 1 aromatic rings. The van der Waals surface area contributed by atoms with Gasteiger partial charge in [0, 0.05) is 6.04 Å². The van der Waals surface area contributed by atoms with E-state index in [1.165, 1.54) is 24.8 Å². The molecule has 0 aromatic heterocycles. The van der Waals surface area contributed by atoms with E-state index < -0.39 is 0 Å². The van der Waals surface area contributed by atoms with Gasteiger partial charge in [0.05, 0.1) is 0 Å². The molecule has 2 bridgehead atoms. The van der Waals surface area contributed by atoms with E-state index in [4.69, 9.17) is 0 Å². The maximum atomic E-state index is 2.66. The number of hydrogen-bond acceptors (Lipinski definition) is 1. The molecule has 3 rings (SSSR count). The molecule has 3 atom stereocenters. The lowest BCUT2D eigenvalue weighted by molar-refractivity contribution is 0.196. The third kappa shape index (κ3) is 2.36. The molecule has 0 amide bonds. The monoisotopic (exact) mass is 255 g/mol. The summed E-state index contributed by atoms with van der Waals surface area (Å²) in [6.07, 6.45) is 6.82. The van der Waals surface area contributed by atoms with E-state index in [2.05, 4.69) is 55.2 Å². The summed E-state index contributed by atoms with van der Waals surface area (Å²) in [4.78, 5) is 2.66. The van der Waals surface area contributed by atoms with E-state index in [9.17, 15) is 0 Å². The van der Waals surface area contributed by atoms with Crippen LogP contribution in [0.5, 0.6) is 0 Å². The Bertz CT molecular complexity index is 444. The van der Waals surface area contributed by atoms with Crippen LogP contribution in [0.4, 0.5) is 0 Å². The Kier molecular flexibility index (Phi) is 3.74. The van der Waals surface area contributed by atoms with Gasteiger partial charge in [-0.2, -0.15) is 0 Å². The van der Waals surface area contributed by atoms with Crippen molar-refractivity contribution in [2.75, 3.05) is 13.1 Å². The van der Waals surface area contributed by atoms with Gasteiger partial charge in [-0.15, -0.1) is 0 Å². The Labute approximate surface area is 117 Å². The van der Waals surface area contributed by atoms with Gasteiger partial charge in [0.15, 0.2) is 0 Å². The minimum Gasteiger partial charge on any atom is -0.297 e. The second kappa shape index (κ2) is 5.50. The number of nitrogens with zero attached hydrogens (tertiary/aromatic N) is 1. The molecule has 0 spiro atoms. The molecule has 19 heavy (non-hydrogen) atoms. The molecule has 102 valence electrons. The third-order valence-corrected chi connectivity index (χ3v) is 5.01. The van der Waals surface area contributed by atoms with Gasteiger partial charge in [0.1, 0.15) is 0 Å². The Balaban J connectivity index is 1.99. The summed E-state index contributed by atoms with van der Waals surface area (Å²) in [5.41, 5.74) is 3.04. The van der Waals surface area contributed by atoms with Crippen molar-refractivity contribution in [3.8, 4) is 0 Å². The van der Waals surface area contributed by atoms with E-state index in [0.717, 1.165) is 24.9 Å². The molecule has 0 saturated heterocycles. The van der Waals surface area contributed by atoms with Crippen LogP contribution in [0.15, 0.2) is 36.4 Å². The van der Waals surface area contributed by atoms with Crippen LogP contribution in [-0.2, 0) is 0 Å². The molecule has 0 heterocycles. The van der Waals surface area contributed by atoms with E-state index in [1.807, 2.05) is 0 Å². The maximum absolute atomic E-state index is 2.66. The summed E-state index contributed by atoms with van der Waals surface area (Å²) in [6, 6.07) is 11.7. The molecule has 1 fully saturated rings. The van der Waals surface area contributed by atoms with E-state index in [1.54, 1.807) is 5.57 Å². The van der Waals surface area contributed by atoms with Crippen LogP contribution in [0.2, 0.25) is 0 Å². The van der Waals surface area contributed by atoms with Gasteiger partial charge in [0.2, 0.25) is 0 Å². The van der Waals surface area contributed by atoms with Crippen molar-refractivity contribution in [2.45, 2.75) is 39.2 Å². The minimum atomic E-state index is 0.649. The molecule has 1 heteroatoms. The molecule has 1 aromatic carbocycles. The Hall–Kier alpha value is -1.08. The average molecular weight is 255 g/mol. The SMILES string of the molecule is CCN(CC)[C@@H]1C(c2ccccc2)=CC2CCC1C2. The standard InChI is InChI=1S/C18H25N/c1-3-19(4-2)18-16-11-10-14(12-16)13-17(18)15-8-6-5-7-9-15/h5-9,13-14,16,18H,3-4,10-12H2,1-2H3/t14?,16?,18-/m0/s1. The number of likely N-dealkylation sites (N-methyl/N-ethyl adjacent to an activating group) is 1. The van der Waals surface area contributed by atoms with Crippen LogP contribution >= 0.6 is 0 Å². The first-order valence-electron chi connectivity index (χ1n) is 7.84. The highest BCUT2D eigenvalue weighted by Crippen LogP contribution is 2.46. The van der Waals surface area contributed by atoms with Crippen LogP contribution in [-0.4, -0.2) is 24.0 Å². The minimum absolute atomic E-state index is 0.649. The third-order valence-electron chi connectivity index (χ3n) is 5.01. The lowest BCUT2D eigenvalue weighted by atomic mass is 9.80. The van der Waals surface area contributed by atoms with E-state index >= 15 is 0 Å². The highest BCUT2D eigenvalue weighted by molar-refractivity contribution is 5.71. The zero-order valence-electron chi connectivity index (χ0n) is 12.2. The van der Waals surface area contributed by atoms with Crippen molar-refractivity contribution in [1.82, 2.24) is 4.90 Å². The number of benzene rings is 1. The molecule has 2 unspecified atom stereocenters. The fraction of sp³-hybridized carbons (Fsp3) is 0.556. The van der Waals surface area contributed by atoms with Crippen LogP contribution < -0.4 is 0 Å².